The third-order valence-corrected chi connectivity index (χ3v) is 3.85. The van der Waals surface area contributed by atoms with Crippen molar-refractivity contribution >= 4 is 11.3 Å². The smallest absolute Gasteiger partial charge is 0.110 e. The summed E-state index contributed by atoms with van der Waals surface area (Å²) in [5.74, 6) is 1.14. The fraction of sp³-hybridized carbons (Fsp3) is 0.538. The summed E-state index contributed by atoms with van der Waals surface area (Å²) in [6.07, 6.45) is 7.93. The first-order chi connectivity index (χ1) is 8.85. The van der Waals surface area contributed by atoms with E-state index in [2.05, 4.69) is 33.7 Å². The molecule has 1 N–H and O–H groups in total. The van der Waals surface area contributed by atoms with Gasteiger partial charge in [0, 0.05) is 36.4 Å². The van der Waals surface area contributed by atoms with Gasteiger partial charge in [-0.15, -0.1) is 11.3 Å². The third kappa shape index (κ3) is 3.17. The summed E-state index contributed by atoms with van der Waals surface area (Å²) in [4.78, 5) is 9.91. The minimum absolute atomic E-state index is 0.324. The van der Waals surface area contributed by atoms with Crippen LogP contribution in [0, 0.1) is 0 Å². The molecule has 0 radical (unpaired) electrons. The normalized spacial score (nSPS) is 12.8. The molecule has 0 amide bonds. The molecule has 0 bridgehead atoms. The second kappa shape index (κ2) is 6.66. The first kappa shape index (κ1) is 13.2. The zero-order valence-electron chi connectivity index (χ0n) is 11.0. The maximum Gasteiger partial charge on any atom is 0.110 e. The van der Waals surface area contributed by atoms with E-state index in [4.69, 9.17) is 0 Å². The lowest BCUT2D eigenvalue weighted by molar-refractivity contribution is 0.512. The van der Waals surface area contributed by atoms with Gasteiger partial charge in [0.2, 0.25) is 0 Å². The highest BCUT2D eigenvalue weighted by molar-refractivity contribution is 7.09. The molecule has 2 aromatic rings. The standard InChI is InChI=1S/C13H20N4S/c1-3-5-15-11(12-9-14-10-18-12)8-13-16-6-7-17(13)4-2/h6-7,9-11,15H,3-5,8H2,1-2H3. The van der Waals surface area contributed by atoms with E-state index in [0.717, 1.165) is 31.8 Å². The Labute approximate surface area is 112 Å². The highest BCUT2D eigenvalue weighted by atomic mass is 32.1. The molecule has 0 saturated heterocycles. The van der Waals surface area contributed by atoms with Gasteiger partial charge in [-0.2, -0.15) is 0 Å². The van der Waals surface area contributed by atoms with Crippen molar-refractivity contribution in [1.29, 1.82) is 0 Å². The molecule has 2 rings (SSSR count). The Hall–Kier alpha value is -1.20. The molecule has 0 aromatic carbocycles. The monoisotopic (exact) mass is 264 g/mol. The molecule has 5 heteroatoms. The fourth-order valence-corrected chi connectivity index (χ4v) is 2.69. The molecule has 98 valence electrons. The second-order valence-electron chi connectivity index (χ2n) is 4.24. The van der Waals surface area contributed by atoms with E-state index in [1.165, 1.54) is 4.88 Å². The third-order valence-electron chi connectivity index (χ3n) is 2.96. The van der Waals surface area contributed by atoms with Crippen LogP contribution in [0.3, 0.4) is 0 Å². The van der Waals surface area contributed by atoms with E-state index in [0.29, 0.717) is 6.04 Å². The fourth-order valence-electron chi connectivity index (χ4n) is 1.99. The number of nitrogens with one attached hydrogen (secondary N) is 1. The molecule has 0 aliphatic heterocycles. The Morgan fingerprint density at radius 2 is 2.33 bits per heavy atom. The molecular formula is C13H20N4S. The van der Waals surface area contributed by atoms with Gasteiger partial charge in [0.25, 0.3) is 0 Å². The van der Waals surface area contributed by atoms with E-state index in [9.17, 15) is 0 Å². The number of nitrogens with zero attached hydrogens (tertiary/aromatic N) is 3. The van der Waals surface area contributed by atoms with Crippen LogP contribution in [-0.2, 0) is 13.0 Å². The lowest BCUT2D eigenvalue weighted by atomic mass is 10.1. The molecule has 18 heavy (non-hydrogen) atoms. The summed E-state index contributed by atoms with van der Waals surface area (Å²) in [6.45, 7) is 6.32. The summed E-state index contributed by atoms with van der Waals surface area (Å²) in [5, 5.41) is 3.58. The van der Waals surface area contributed by atoms with Gasteiger partial charge in [-0.05, 0) is 19.9 Å². The van der Waals surface area contributed by atoms with E-state index in [1.54, 1.807) is 11.3 Å². The maximum atomic E-state index is 4.45. The van der Waals surface area contributed by atoms with Crippen LogP contribution in [0.5, 0.6) is 0 Å². The summed E-state index contributed by atoms with van der Waals surface area (Å²) in [7, 11) is 0. The van der Waals surface area contributed by atoms with Gasteiger partial charge in [0.15, 0.2) is 0 Å². The summed E-state index contributed by atoms with van der Waals surface area (Å²) < 4.78 is 2.20. The van der Waals surface area contributed by atoms with Crippen molar-refractivity contribution in [2.45, 2.75) is 39.3 Å². The Morgan fingerprint density at radius 1 is 1.44 bits per heavy atom. The number of aromatic nitrogens is 3. The molecule has 2 heterocycles. The van der Waals surface area contributed by atoms with Gasteiger partial charge in [-0.3, -0.25) is 4.98 Å². The second-order valence-corrected chi connectivity index (χ2v) is 5.16. The highest BCUT2D eigenvalue weighted by Gasteiger charge is 2.15. The Kier molecular flexibility index (Phi) is 4.90. The topological polar surface area (TPSA) is 42.7 Å². The van der Waals surface area contributed by atoms with Crippen molar-refractivity contribution in [3.8, 4) is 0 Å². The van der Waals surface area contributed by atoms with Crippen LogP contribution in [0.15, 0.2) is 24.1 Å². The zero-order chi connectivity index (χ0) is 12.8. The van der Waals surface area contributed by atoms with Gasteiger partial charge in [0.05, 0.1) is 11.6 Å². The lowest BCUT2D eigenvalue weighted by Gasteiger charge is -2.17. The van der Waals surface area contributed by atoms with Crippen LogP contribution in [0.4, 0.5) is 0 Å². The van der Waals surface area contributed by atoms with Gasteiger partial charge in [0.1, 0.15) is 5.82 Å². The van der Waals surface area contributed by atoms with Gasteiger partial charge >= 0.3 is 0 Å². The average molecular weight is 264 g/mol. The van der Waals surface area contributed by atoms with Crippen molar-refractivity contribution in [2.24, 2.45) is 0 Å². The largest absolute Gasteiger partial charge is 0.335 e. The minimum atomic E-state index is 0.324. The van der Waals surface area contributed by atoms with Crippen LogP contribution in [0.1, 0.15) is 37.0 Å². The van der Waals surface area contributed by atoms with E-state index >= 15 is 0 Å². The number of rotatable bonds is 7. The van der Waals surface area contributed by atoms with E-state index in [1.807, 2.05) is 24.1 Å². The van der Waals surface area contributed by atoms with Crippen LogP contribution < -0.4 is 5.32 Å². The van der Waals surface area contributed by atoms with Crippen molar-refractivity contribution in [3.05, 3.63) is 34.8 Å². The van der Waals surface area contributed by atoms with Crippen LogP contribution in [-0.4, -0.2) is 21.1 Å². The van der Waals surface area contributed by atoms with Crippen LogP contribution >= 0.6 is 11.3 Å². The van der Waals surface area contributed by atoms with Crippen LogP contribution in [0.2, 0.25) is 0 Å². The lowest BCUT2D eigenvalue weighted by Crippen LogP contribution is -2.24. The number of imidazole rings is 1. The van der Waals surface area contributed by atoms with Crippen molar-refractivity contribution in [2.75, 3.05) is 6.54 Å². The summed E-state index contributed by atoms with van der Waals surface area (Å²) in [6, 6.07) is 0.324. The Morgan fingerprint density at radius 3 is 3.00 bits per heavy atom. The number of hydrogen-bond acceptors (Lipinski definition) is 4. The molecule has 0 aliphatic rings. The molecule has 2 aromatic heterocycles. The molecule has 1 atom stereocenters. The average Bonchev–Trinajstić information content (AvgIpc) is 3.04. The van der Waals surface area contributed by atoms with Gasteiger partial charge in [-0.25, -0.2) is 4.98 Å². The molecule has 1 unspecified atom stereocenters. The maximum absolute atomic E-state index is 4.45. The van der Waals surface area contributed by atoms with E-state index < -0.39 is 0 Å². The van der Waals surface area contributed by atoms with Crippen molar-refractivity contribution < 1.29 is 0 Å². The molecule has 4 nitrogen and oxygen atoms in total. The highest BCUT2D eigenvalue weighted by Crippen LogP contribution is 2.21. The number of thiazole rings is 1. The van der Waals surface area contributed by atoms with Gasteiger partial charge in [-0.1, -0.05) is 6.92 Å². The quantitative estimate of drug-likeness (QED) is 0.836. The van der Waals surface area contributed by atoms with Crippen molar-refractivity contribution in [1.82, 2.24) is 19.9 Å². The van der Waals surface area contributed by atoms with Crippen molar-refractivity contribution in [3.63, 3.8) is 0 Å². The zero-order valence-corrected chi connectivity index (χ0v) is 11.8. The predicted molar refractivity (Wildman–Crippen MR) is 74.8 cm³/mol. The molecular weight excluding hydrogens is 244 g/mol. The number of aryl methyl sites for hydroxylation is 1. The predicted octanol–water partition coefficient (Wildman–Crippen LogP) is 2.64. The molecule has 0 spiro atoms. The SMILES string of the molecule is CCCNC(Cc1nccn1CC)c1cncs1. The minimum Gasteiger partial charge on any atom is -0.335 e. The Balaban J connectivity index is 2.10. The summed E-state index contributed by atoms with van der Waals surface area (Å²) in [5.41, 5.74) is 1.89. The first-order valence-electron chi connectivity index (χ1n) is 6.46. The number of hydrogen-bond donors (Lipinski definition) is 1. The van der Waals surface area contributed by atoms with Crippen LogP contribution in [0.25, 0.3) is 0 Å². The summed E-state index contributed by atoms with van der Waals surface area (Å²) >= 11 is 1.71. The molecule has 0 fully saturated rings. The molecule has 0 saturated carbocycles. The Bertz CT molecular complexity index is 449. The van der Waals surface area contributed by atoms with Gasteiger partial charge < -0.3 is 9.88 Å². The molecule has 0 aliphatic carbocycles. The first-order valence-corrected chi connectivity index (χ1v) is 7.34. The van der Waals surface area contributed by atoms with E-state index in [-0.39, 0.29) is 0 Å².